The maximum absolute atomic E-state index is 13.7. The highest BCUT2D eigenvalue weighted by atomic mass is 19.4. The molecule has 3 aromatic heterocycles. The van der Waals surface area contributed by atoms with E-state index in [-0.39, 0.29) is 29.2 Å². The summed E-state index contributed by atoms with van der Waals surface area (Å²) in [6.45, 7) is 2.46. The van der Waals surface area contributed by atoms with E-state index in [4.69, 9.17) is 0 Å². The Morgan fingerprint density at radius 3 is 2.62 bits per heavy atom. The average Bonchev–Trinajstić information content (AvgIpc) is 3.47. The molecule has 1 aliphatic heterocycles. The molecule has 3 fully saturated rings. The van der Waals surface area contributed by atoms with Gasteiger partial charge in [-0.3, -0.25) is 4.79 Å². The van der Waals surface area contributed by atoms with Gasteiger partial charge in [0, 0.05) is 30.7 Å². The van der Waals surface area contributed by atoms with Gasteiger partial charge in [0.2, 0.25) is 0 Å². The number of halogens is 3. The molecule has 11 heteroatoms. The van der Waals surface area contributed by atoms with Crippen molar-refractivity contribution in [1.82, 2.24) is 29.8 Å². The number of aryl methyl sites for hydroxylation is 1. The first-order valence-corrected chi connectivity index (χ1v) is 11.0. The largest absolute Gasteiger partial charge is 0.434 e. The fourth-order valence-electron chi connectivity index (χ4n) is 5.57. The highest BCUT2D eigenvalue weighted by Gasteiger charge is 2.75. The minimum Gasteiger partial charge on any atom is -0.364 e. The summed E-state index contributed by atoms with van der Waals surface area (Å²) in [7, 11) is 0. The zero-order chi connectivity index (χ0) is 23.7. The minimum atomic E-state index is -4.54. The van der Waals surface area contributed by atoms with Crippen molar-refractivity contribution in [2.45, 2.75) is 38.0 Å². The molecule has 34 heavy (non-hydrogen) atoms. The van der Waals surface area contributed by atoms with Crippen molar-refractivity contribution in [2.75, 3.05) is 11.9 Å². The van der Waals surface area contributed by atoms with Gasteiger partial charge >= 0.3 is 6.18 Å². The van der Waals surface area contributed by atoms with Gasteiger partial charge < -0.3 is 10.2 Å². The summed E-state index contributed by atoms with van der Waals surface area (Å²) < 4.78 is 38.4. The Morgan fingerprint density at radius 2 is 1.91 bits per heavy atom. The molecular weight excluding hydrogens is 447 g/mol. The van der Waals surface area contributed by atoms with Crippen LogP contribution in [0.15, 0.2) is 43.0 Å². The van der Waals surface area contributed by atoms with E-state index in [0.29, 0.717) is 35.2 Å². The Hall–Kier alpha value is -3.63. The fraction of sp³-hybridized carbons (Fsp3) is 0.391. The monoisotopic (exact) mass is 467 g/mol. The summed E-state index contributed by atoms with van der Waals surface area (Å²) in [6, 6.07) is 5.14. The Balaban J connectivity index is 1.26. The molecule has 2 aliphatic carbocycles. The number of hydrogen-bond acceptors (Lipinski definition) is 7. The number of nitrogens with zero attached hydrogens (tertiary/aromatic N) is 6. The molecule has 6 rings (SSSR count). The molecule has 1 N–H and O–H groups in total. The Bertz CT molecular complexity index is 1270. The van der Waals surface area contributed by atoms with Gasteiger partial charge in [-0.1, -0.05) is 0 Å². The van der Waals surface area contributed by atoms with E-state index in [2.05, 4.69) is 30.2 Å². The number of anilines is 1. The Labute approximate surface area is 192 Å². The van der Waals surface area contributed by atoms with E-state index in [1.54, 1.807) is 18.5 Å². The van der Waals surface area contributed by atoms with Gasteiger partial charge in [0.1, 0.15) is 11.5 Å². The van der Waals surface area contributed by atoms with Crippen molar-refractivity contribution in [3.05, 3.63) is 60.1 Å². The molecule has 4 atom stereocenters. The summed E-state index contributed by atoms with van der Waals surface area (Å²) in [5, 5.41) is 3.19. The second kappa shape index (κ2) is 7.18. The van der Waals surface area contributed by atoms with Gasteiger partial charge in [-0.2, -0.15) is 13.2 Å². The van der Waals surface area contributed by atoms with Gasteiger partial charge in [0.25, 0.3) is 5.91 Å². The zero-order valence-corrected chi connectivity index (χ0v) is 18.1. The second-order valence-electron chi connectivity index (χ2n) is 9.20. The van der Waals surface area contributed by atoms with Crippen molar-refractivity contribution in [3.8, 4) is 11.4 Å². The molecule has 2 saturated carbocycles. The number of hydrogen-bond donors (Lipinski definition) is 1. The number of alkyl halides is 3. The molecule has 174 valence electrons. The van der Waals surface area contributed by atoms with Crippen LogP contribution in [0, 0.1) is 18.3 Å². The van der Waals surface area contributed by atoms with Crippen LogP contribution in [0.3, 0.4) is 0 Å². The van der Waals surface area contributed by atoms with E-state index in [0.717, 1.165) is 25.2 Å². The normalized spacial score (nSPS) is 26.9. The van der Waals surface area contributed by atoms with Crippen LogP contribution in [0.2, 0.25) is 0 Å². The van der Waals surface area contributed by atoms with Crippen molar-refractivity contribution >= 4 is 11.7 Å². The van der Waals surface area contributed by atoms with E-state index in [1.165, 1.54) is 0 Å². The lowest BCUT2D eigenvalue weighted by molar-refractivity contribution is -0.141. The highest BCUT2D eigenvalue weighted by Crippen LogP contribution is 2.71. The summed E-state index contributed by atoms with van der Waals surface area (Å²) in [5.41, 5.74) is 0.625. The van der Waals surface area contributed by atoms with Crippen LogP contribution >= 0.6 is 0 Å². The van der Waals surface area contributed by atoms with Crippen LogP contribution < -0.4 is 5.32 Å². The van der Waals surface area contributed by atoms with Gasteiger partial charge in [-0.25, -0.2) is 24.9 Å². The second-order valence-corrected chi connectivity index (χ2v) is 9.20. The van der Waals surface area contributed by atoms with Gasteiger partial charge in [0.05, 0.1) is 24.0 Å². The lowest BCUT2D eigenvalue weighted by Gasteiger charge is -2.48. The fourth-order valence-corrected chi connectivity index (χ4v) is 5.57. The predicted octanol–water partition coefficient (Wildman–Crippen LogP) is 3.37. The van der Waals surface area contributed by atoms with E-state index >= 15 is 0 Å². The SMILES string of the molecule is Cc1ccc(-c2ncccn2)c(C(=O)N2CC3CC34CC(Nc3cnc(C(F)(F)F)cn3)C24)n1. The third-order valence-electron chi connectivity index (χ3n) is 7.18. The standard InChI is InChI=1S/C23H20F3N7O/c1-12-3-4-14(20-27-5-2-6-28-20)18(31-12)21(34)33-11-13-7-22(13)8-15(19(22)33)32-17-10-29-16(9-30-17)23(24,25)26/h2-6,9-10,13,15,19H,7-8,11H2,1H3,(H,30,32). The third kappa shape index (κ3) is 3.21. The van der Waals surface area contributed by atoms with Crippen LogP contribution in [0.5, 0.6) is 0 Å². The molecule has 0 bridgehead atoms. The van der Waals surface area contributed by atoms with Crippen LogP contribution in [0.4, 0.5) is 19.0 Å². The van der Waals surface area contributed by atoms with Gasteiger partial charge in [0.15, 0.2) is 11.5 Å². The molecule has 0 radical (unpaired) electrons. The molecule has 1 amide bonds. The maximum atomic E-state index is 13.7. The van der Waals surface area contributed by atoms with Crippen LogP contribution in [-0.2, 0) is 6.18 Å². The number of carbonyl (C=O) groups is 1. The average molecular weight is 467 g/mol. The first kappa shape index (κ1) is 20.9. The van der Waals surface area contributed by atoms with E-state index < -0.39 is 11.9 Å². The topological polar surface area (TPSA) is 96.8 Å². The lowest BCUT2D eigenvalue weighted by atomic mass is 9.71. The molecule has 8 nitrogen and oxygen atoms in total. The molecule has 0 aromatic carbocycles. The van der Waals surface area contributed by atoms with Crippen molar-refractivity contribution in [3.63, 3.8) is 0 Å². The number of pyridine rings is 1. The number of amides is 1. The van der Waals surface area contributed by atoms with Crippen LogP contribution in [0.1, 0.15) is 34.7 Å². The summed E-state index contributed by atoms with van der Waals surface area (Å²) in [4.78, 5) is 36.0. The molecule has 1 saturated heterocycles. The van der Waals surface area contributed by atoms with E-state index in [1.807, 2.05) is 24.0 Å². The molecular formula is C23H20F3N7O. The number of likely N-dealkylation sites (tertiary alicyclic amines) is 1. The quantitative estimate of drug-likeness (QED) is 0.628. The molecule has 4 unspecified atom stereocenters. The number of carbonyl (C=O) groups excluding carboxylic acids is 1. The molecule has 3 aromatic rings. The highest BCUT2D eigenvalue weighted by molar-refractivity contribution is 5.99. The van der Waals surface area contributed by atoms with Crippen molar-refractivity contribution in [2.24, 2.45) is 11.3 Å². The Morgan fingerprint density at radius 1 is 1.12 bits per heavy atom. The number of piperidine rings is 1. The van der Waals surface area contributed by atoms with E-state index in [9.17, 15) is 18.0 Å². The predicted molar refractivity (Wildman–Crippen MR) is 114 cm³/mol. The van der Waals surface area contributed by atoms with Crippen molar-refractivity contribution in [1.29, 1.82) is 0 Å². The van der Waals surface area contributed by atoms with Crippen LogP contribution in [0.25, 0.3) is 11.4 Å². The minimum absolute atomic E-state index is 0.0693. The van der Waals surface area contributed by atoms with Crippen LogP contribution in [-0.4, -0.2) is 54.4 Å². The lowest BCUT2D eigenvalue weighted by Crippen LogP contribution is -2.60. The summed E-state index contributed by atoms with van der Waals surface area (Å²) in [6.07, 6.45) is 2.39. The third-order valence-corrected chi connectivity index (χ3v) is 7.18. The molecule has 1 spiro atoms. The van der Waals surface area contributed by atoms with Gasteiger partial charge in [-0.05, 0) is 49.3 Å². The molecule has 3 aliphatic rings. The smallest absolute Gasteiger partial charge is 0.364 e. The molecule has 4 heterocycles. The number of aromatic nitrogens is 5. The number of nitrogens with one attached hydrogen (secondary N) is 1. The van der Waals surface area contributed by atoms with Gasteiger partial charge in [-0.15, -0.1) is 0 Å². The number of rotatable bonds is 4. The first-order valence-electron chi connectivity index (χ1n) is 11.0. The Kier molecular flexibility index (Phi) is 4.42. The maximum Gasteiger partial charge on any atom is 0.434 e. The summed E-state index contributed by atoms with van der Waals surface area (Å²) in [5.74, 6) is 0.935. The van der Waals surface area contributed by atoms with Crippen molar-refractivity contribution < 1.29 is 18.0 Å². The zero-order valence-electron chi connectivity index (χ0n) is 18.1. The summed E-state index contributed by atoms with van der Waals surface area (Å²) >= 11 is 0. The first-order chi connectivity index (χ1) is 16.3.